The van der Waals surface area contributed by atoms with Gasteiger partial charge in [0.2, 0.25) is 11.8 Å². The number of amides is 2. The summed E-state index contributed by atoms with van der Waals surface area (Å²) in [5, 5.41) is 0. The first-order valence-electron chi connectivity index (χ1n) is 10.00. The minimum absolute atomic E-state index is 0.0368. The normalized spacial score (nSPS) is 20.0. The number of carbonyl (C=O) groups is 2. The van der Waals surface area contributed by atoms with Crippen LogP contribution in [0, 0.1) is 5.92 Å². The summed E-state index contributed by atoms with van der Waals surface area (Å²) >= 11 is 0. The van der Waals surface area contributed by atoms with Crippen LogP contribution in [0.1, 0.15) is 18.9 Å². The molecule has 1 aromatic heterocycles. The molecule has 1 atom stereocenters. The van der Waals surface area contributed by atoms with Gasteiger partial charge in [-0.25, -0.2) is 4.98 Å². The predicted molar refractivity (Wildman–Crippen MR) is 109 cm³/mol. The first-order valence-corrected chi connectivity index (χ1v) is 10.00. The SMILES string of the molecule is CCc1ccc(N2C[C@@H](C(=O)N3CCN(c4ccccn4)CC3)CC2=O)cc1. The van der Waals surface area contributed by atoms with E-state index in [1.807, 2.05) is 35.2 Å². The molecule has 4 rings (SSSR count). The van der Waals surface area contributed by atoms with Crippen LogP contribution in [0.25, 0.3) is 0 Å². The first-order chi connectivity index (χ1) is 13.7. The maximum Gasteiger partial charge on any atom is 0.228 e. The van der Waals surface area contributed by atoms with Crippen LogP contribution < -0.4 is 9.80 Å². The largest absolute Gasteiger partial charge is 0.353 e. The molecule has 146 valence electrons. The molecule has 2 aliphatic rings. The molecule has 2 amide bonds. The number of hydrogen-bond donors (Lipinski definition) is 0. The number of piperazine rings is 1. The average molecular weight is 378 g/mol. The fourth-order valence-corrected chi connectivity index (χ4v) is 3.99. The zero-order chi connectivity index (χ0) is 19.5. The van der Waals surface area contributed by atoms with E-state index in [4.69, 9.17) is 0 Å². The van der Waals surface area contributed by atoms with E-state index in [0.29, 0.717) is 26.1 Å². The van der Waals surface area contributed by atoms with E-state index < -0.39 is 0 Å². The van der Waals surface area contributed by atoms with Crippen LogP contribution in [-0.2, 0) is 16.0 Å². The van der Waals surface area contributed by atoms with Gasteiger partial charge >= 0.3 is 0 Å². The molecule has 2 fully saturated rings. The summed E-state index contributed by atoms with van der Waals surface area (Å²) in [4.78, 5) is 35.7. The van der Waals surface area contributed by atoms with Gasteiger partial charge in [-0.05, 0) is 36.2 Å². The lowest BCUT2D eigenvalue weighted by Gasteiger charge is -2.36. The smallest absolute Gasteiger partial charge is 0.228 e. The topological polar surface area (TPSA) is 56.8 Å². The molecule has 28 heavy (non-hydrogen) atoms. The van der Waals surface area contributed by atoms with E-state index in [-0.39, 0.29) is 17.7 Å². The Morgan fingerprint density at radius 3 is 2.46 bits per heavy atom. The number of aryl methyl sites for hydroxylation is 1. The Kier molecular flexibility index (Phi) is 5.28. The fourth-order valence-electron chi connectivity index (χ4n) is 3.99. The van der Waals surface area contributed by atoms with E-state index >= 15 is 0 Å². The molecule has 0 unspecified atom stereocenters. The van der Waals surface area contributed by atoms with Gasteiger partial charge in [-0.15, -0.1) is 0 Å². The van der Waals surface area contributed by atoms with Gasteiger partial charge in [0.05, 0.1) is 5.92 Å². The van der Waals surface area contributed by atoms with Gasteiger partial charge in [0.1, 0.15) is 5.82 Å². The molecule has 1 aromatic carbocycles. The molecule has 2 aliphatic heterocycles. The van der Waals surface area contributed by atoms with E-state index in [2.05, 4.69) is 28.9 Å². The predicted octanol–water partition coefficient (Wildman–Crippen LogP) is 2.35. The molecule has 6 heteroatoms. The van der Waals surface area contributed by atoms with Gasteiger partial charge in [-0.1, -0.05) is 25.1 Å². The highest BCUT2D eigenvalue weighted by atomic mass is 16.2. The van der Waals surface area contributed by atoms with Crippen molar-refractivity contribution in [2.75, 3.05) is 42.5 Å². The highest BCUT2D eigenvalue weighted by molar-refractivity contribution is 6.00. The number of benzene rings is 1. The Labute approximate surface area is 165 Å². The third-order valence-corrected chi connectivity index (χ3v) is 5.70. The Morgan fingerprint density at radius 2 is 1.82 bits per heavy atom. The van der Waals surface area contributed by atoms with Crippen molar-refractivity contribution in [1.82, 2.24) is 9.88 Å². The number of anilines is 2. The second-order valence-corrected chi connectivity index (χ2v) is 7.43. The summed E-state index contributed by atoms with van der Waals surface area (Å²) in [5.41, 5.74) is 2.13. The number of nitrogens with zero attached hydrogens (tertiary/aromatic N) is 4. The van der Waals surface area contributed by atoms with Crippen molar-refractivity contribution < 1.29 is 9.59 Å². The summed E-state index contributed by atoms with van der Waals surface area (Å²) in [6.45, 7) is 5.47. The molecule has 0 aliphatic carbocycles. The molecule has 0 spiro atoms. The van der Waals surface area contributed by atoms with Crippen LogP contribution >= 0.6 is 0 Å². The number of pyridine rings is 1. The minimum atomic E-state index is -0.250. The van der Waals surface area contributed by atoms with E-state index in [1.165, 1.54) is 5.56 Å². The maximum atomic E-state index is 13.0. The third kappa shape index (κ3) is 3.72. The molecule has 0 bridgehead atoms. The quantitative estimate of drug-likeness (QED) is 0.820. The van der Waals surface area contributed by atoms with E-state index in [9.17, 15) is 9.59 Å². The molecule has 0 N–H and O–H groups in total. The van der Waals surface area contributed by atoms with Gasteiger partial charge in [0.25, 0.3) is 0 Å². The standard InChI is InChI=1S/C22H26N4O2/c1-2-17-6-8-19(9-7-17)26-16-18(15-21(26)27)22(28)25-13-11-24(12-14-25)20-5-3-4-10-23-20/h3-10,18H,2,11-16H2,1H3/t18-/m0/s1. The molecule has 0 radical (unpaired) electrons. The molecule has 2 saturated heterocycles. The number of aromatic nitrogens is 1. The Morgan fingerprint density at radius 1 is 1.07 bits per heavy atom. The van der Waals surface area contributed by atoms with E-state index in [1.54, 1.807) is 11.1 Å². The van der Waals surface area contributed by atoms with Crippen molar-refractivity contribution in [3.05, 3.63) is 54.2 Å². The fraction of sp³-hybridized carbons (Fsp3) is 0.409. The molecule has 2 aromatic rings. The van der Waals surface area contributed by atoms with Gasteiger partial charge < -0.3 is 14.7 Å². The molecular weight excluding hydrogens is 352 g/mol. The molecule has 0 saturated carbocycles. The maximum absolute atomic E-state index is 13.0. The van der Waals surface area contributed by atoms with Crippen LogP contribution in [0.15, 0.2) is 48.7 Å². The van der Waals surface area contributed by atoms with Gasteiger partial charge in [0, 0.05) is 51.0 Å². The van der Waals surface area contributed by atoms with Gasteiger partial charge in [-0.3, -0.25) is 9.59 Å². The van der Waals surface area contributed by atoms with Crippen LogP contribution in [0.2, 0.25) is 0 Å². The summed E-state index contributed by atoms with van der Waals surface area (Å²) < 4.78 is 0. The van der Waals surface area contributed by atoms with Gasteiger partial charge in [0.15, 0.2) is 0 Å². The molecule has 6 nitrogen and oxygen atoms in total. The Hall–Kier alpha value is -2.89. The number of carbonyl (C=O) groups excluding carboxylic acids is 2. The van der Waals surface area contributed by atoms with Crippen molar-refractivity contribution in [1.29, 1.82) is 0 Å². The van der Waals surface area contributed by atoms with Crippen molar-refractivity contribution in [3.8, 4) is 0 Å². The Balaban J connectivity index is 1.36. The highest BCUT2D eigenvalue weighted by Crippen LogP contribution is 2.27. The summed E-state index contributed by atoms with van der Waals surface area (Å²) in [7, 11) is 0. The zero-order valence-corrected chi connectivity index (χ0v) is 16.3. The van der Waals surface area contributed by atoms with Crippen molar-refractivity contribution in [2.45, 2.75) is 19.8 Å². The lowest BCUT2D eigenvalue weighted by molar-refractivity contribution is -0.136. The summed E-state index contributed by atoms with van der Waals surface area (Å²) in [6.07, 6.45) is 3.06. The van der Waals surface area contributed by atoms with Crippen molar-refractivity contribution in [3.63, 3.8) is 0 Å². The van der Waals surface area contributed by atoms with E-state index in [0.717, 1.165) is 31.0 Å². The number of rotatable bonds is 4. The first kappa shape index (κ1) is 18.5. The van der Waals surface area contributed by atoms with Crippen molar-refractivity contribution in [2.24, 2.45) is 5.92 Å². The van der Waals surface area contributed by atoms with Crippen LogP contribution in [0.5, 0.6) is 0 Å². The third-order valence-electron chi connectivity index (χ3n) is 5.70. The van der Waals surface area contributed by atoms with Gasteiger partial charge in [-0.2, -0.15) is 0 Å². The second-order valence-electron chi connectivity index (χ2n) is 7.43. The Bertz CT molecular complexity index is 829. The lowest BCUT2D eigenvalue weighted by atomic mass is 10.1. The zero-order valence-electron chi connectivity index (χ0n) is 16.3. The average Bonchev–Trinajstić information content (AvgIpc) is 3.15. The molecule has 3 heterocycles. The second kappa shape index (κ2) is 8.00. The highest BCUT2D eigenvalue weighted by Gasteiger charge is 2.38. The van der Waals surface area contributed by atoms with Crippen molar-refractivity contribution >= 4 is 23.3 Å². The summed E-state index contributed by atoms with van der Waals surface area (Å²) in [5.74, 6) is 0.837. The minimum Gasteiger partial charge on any atom is -0.353 e. The summed E-state index contributed by atoms with van der Waals surface area (Å²) in [6, 6.07) is 13.9. The van der Waals surface area contributed by atoms with Crippen LogP contribution in [0.3, 0.4) is 0 Å². The van der Waals surface area contributed by atoms with Crippen LogP contribution in [0.4, 0.5) is 11.5 Å². The monoisotopic (exact) mass is 378 g/mol. The van der Waals surface area contributed by atoms with Crippen LogP contribution in [-0.4, -0.2) is 54.4 Å². The lowest BCUT2D eigenvalue weighted by Crippen LogP contribution is -2.51. The number of hydrogen-bond acceptors (Lipinski definition) is 4. The molecular formula is C22H26N4O2.